The molecular weight excluding hydrogens is 302 g/mol. The molecule has 1 atom stereocenters. The van der Waals surface area contributed by atoms with E-state index in [9.17, 15) is 4.79 Å². The Kier molecular flexibility index (Phi) is 4.35. The molecule has 5 nitrogen and oxygen atoms in total. The van der Waals surface area contributed by atoms with Gasteiger partial charge in [-0.3, -0.25) is 0 Å². The first-order valence-corrected chi connectivity index (χ1v) is 8.59. The van der Waals surface area contributed by atoms with Gasteiger partial charge in [0.15, 0.2) is 0 Å². The largest absolute Gasteiger partial charge is 0.462 e. The van der Waals surface area contributed by atoms with Gasteiger partial charge in [-0.15, -0.1) is 0 Å². The van der Waals surface area contributed by atoms with Crippen molar-refractivity contribution >= 4 is 11.8 Å². The van der Waals surface area contributed by atoms with Gasteiger partial charge >= 0.3 is 5.97 Å². The summed E-state index contributed by atoms with van der Waals surface area (Å²) in [7, 11) is 0. The average molecular weight is 327 g/mol. The maximum absolute atomic E-state index is 12.5. The molecule has 1 aromatic heterocycles. The zero-order chi connectivity index (χ0) is 17.3. The van der Waals surface area contributed by atoms with E-state index in [-0.39, 0.29) is 17.6 Å². The summed E-state index contributed by atoms with van der Waals surface area (Å²) in [5, 5.41) is 8.24. The summed E-state index contributed by atoms with van der Waals surface area (Å²) in [6.07, 6.45) is 1.60. The molecule has 0 bridgehead atoms. The van der Waals surface area contributed by atoms with Gasteiger partial charge in [0.25, 0.3) is 0 Å². The van der Waals surface area contributed by atoms with Crippen molar-refractivity contribution in [3.63, 3.8) is 0 Å². The van der Waals surface area contributed by atoms with E-state index in [1.807, 2.05) is 36.7 Å². The zero-order valence-electron chi connectivity index (χ0n) is 14.8. The van der Waals surface area contributed by atoms with Crippen LogP contribution >= 0.6 is 0 Å². The number of rotatable bonds is 4. The van der Waals surface area contributed by atoms with Crippen LogP contribution in [0.2, 0.25) is 0 Å². The molecule has 3 rings (SSSR count). The van der Waals surface area contributed by atoms with E-state index in [0.29, 0.717) is 18.6 Å². The SMILES string of the molecule is CCOC(=O)c1c(CC)nn2c1NC(c1ccccc1)CC2(C)C. The molecule has 2 aromatic rings. The molecule has 1 N–H and O–H groups in total. The van der Waals surface area contributed by atoms with Gasteiger partial charge in [0.2, 0.25) is 0 Å². The minimum Gasteiger partial charge on any atom is -0.462 e. The predicted octanol–water partition coefficient (Wildman–Crippen LogP) is 3.91. The lowest BCUT2D eigenvalue weighted by atomic mass is 9.89. The fourth-order valence-electron chi connectivity index (χ4n) is 3.39. The van der Waals surface area contributed by atoms with Gasteiger partial charge in [0, 0.05) is 0 Å². The summed E-state index contributed by atoms with van der Waals surface area (Å²) < 4.78 is 7.23. The fraction of sp³-hybridized carbons (Fsp3) is 0.474. The lowest BCUT2D eigenvalue weighted by Gasteiger charge is -2.38. The van der Waals surface area contributed by atoms with E-state index in [4.69, 9.17) is 9.84 Å². The van der Waals surface area contributed by atoms with Crippen molar-refractivity contribution in [1.82, 2.24) is 9.78 Å². The number of ether oxygens (including phenoxy) is 1. The van der Waals surface area contributed by atoms with Gasteiger partial charge in [-0.1, -0.05) is 37.3 Å². The molecule has 1 unspecified atom stereocenters. The molecule has 0 radical (unpaired) electrons. The van der Waals surface area contributed by atoms with E-state index >= 15 is 0 Å². The summed E-state index contributed by atoms with van der Waals surface area (Å²) in [4.78, 5) is 12.5. The number of nitrogens with one attached hydrogen (secondary N) is 1. The topological polar surface area (TPSA) is 56.1 Å². The highest BCUT2D eigenvalue weighted by molar-refractivity contribution is 5.96. The van der Waals surface area contributed by atoms with Crippen molar-refractivity contribution in [2.45, 2.75) is 52.1 Å². The van der Waals surface area contributed by atoms with E-state index in [1.165, 1.54) is 5.56 Å². The third-order valence-corrected chi connectivity index (χ3v) is 4.56. The molecule has 24 heavy (non-hydrogen) atoms. The normalized spacial score (nSPS) is 18.6. The third-order valence-electron chi connectivity index (χ3n) is 4.56. The van der Waals surface area contributed by atoms with Gasteiger partial charge in [0.1, 0.15) is 11.4 Å². The lowest BCUT2D eigenvalue weighted by Crippen LogP contribution is -2.38. The Labute approximate surface area is 143 Å². The number of aryl methyl sites for hydroxylation is 1. The zero-order valence-corrected chi connectivity index (χ0v) is 14.8. The average Bonchev–Trinajstić information content (AvgIpc) is 2.95. The Morgan fingerprint density at radius 2 is 2.04 bits per heavy atom. The summed E-state index contributed by atoms with van der Waals surface area (Å²) in [5.41, 5.74) is 2.40. The summed E-state index contributed by atoms with van der Waals surface area (Å²) in [6.45, 7) is 8.52. The number of esters is 1. The minimum atomic E-state index is -0.299. The first-order valence-electron chi connectivity index (χ1n) is 8.59. The van der Waals surface area contributed by atoms with Crippen LogP contribution in [0.15, 0.2) is 30.3 Å². The predicted molar refractivity (Wildman–Crippen MR) is 94.3 cm³/mol. The number of benzene rings is 1. The monoisotopic (exact) mass is 327 g/mol. The maximum atomic E-state index is 12.5. The van der Waals surface area contributed by atoms with Gasteiger partial charge < -0.3 is 10.1 Å². The second kappa shape index (κ2) is 6.30. The van der Waals surface area contributed by atoms with Gasteiger partial charge in [-0.25, -0.2) is 9.48 Å². The van der Waals surface area contributed by atoms with Crippen LogP contribution in [0.1, 0.15) is 61.8 Å². The first-order chi connectivity index (χ1) is 11.5. The Morgan fingerprint density at radius 3 is 2.67 bits per heavy atom. The van der Waals surface area contributed by atoms with Crippen LogP contribution in [0, 0.1) is 0 Å². The van der Waals surface area contributed by atoms with E-state index < -0.39 is 0 Å². The Balaban J connectivity index is 2.08. The second-order valence-corrected chi connectivity index (χ2v) is 6.78. The maximum Gasteiger partial charge on any atom is 0.343 e. The van der Waals surface area contributed by atoms with Crippen LogP contribution in [0.3, 0.4) is 0 Å². The highest BCUT2D eigenvalue weighted by atomic mass is 16.5. The number of hydrogen-bond acceptors (Lipinski definition) is 4. The number of aromatic nitrogens is 2. The van der Waals surface area contributed by atoms with Crippen LogP contribution in [0.25, 0.3) is 0 Å². The Hall–Kier alpha value is -2.30. The van der Waals surface area contributed by atoms with Crippen molar-refractivity contribution in [3.8, 4) is 0 Å². The summed E-state index contributed by atoms with van der Waals surface area (Å²) >= 11 is 0. The molecule has 1 aliphatic rings. The van der Waals surface area contributed by atoms with Crippen molar-refractivity contribution < 1.29 is 9.53 Å². The van der Waals surface area contributed by atoms with E-state index in [0.717, 1.165) is 17.9 Å². The number of hydrogen-bond donors (Lipinski definition) is 1. The number of fused-ring (bicyclic) bond motifs is 1. The number of carbonyl (C=O) groups excluding carboxylic acids is 1. The van der Waals surface area contributed by atoms with Crippen molar-refractivity contribution in [3.05, 3.63) is 47.2 Å². The number of carbonyl (C=O) groups is 1. The van der Waals surface area contributed by atoms with Crippen molar-refractivity contribution in [1.29, 1.82) is 0 Å². The highest BCUT2D eigenvalue weighted by Gasteiger charge is 2.38. The van der Waals surface area contributed by atoms with Crippen LogP contribution < -0.4 is 5.32 Å². The van der Waals surface area contributed by atoms with E-state index in [1.54, 1.807) is 0 Å². The summed E-state index contributed by atoms with van der Waals surface area (Å²) in [6, 6.07) is 10.5. The van der Waals surface area contributed by atoms with Gasteiger partial charge in [-0.05, 0) is 39.2 Å². The molecule has 2 heterocycles. The van der Waals surface area contributed by atoms with Gasteiger partial charge in [-0.2, -0.15) is 5.10 Å². The highest BCUT2D eigenvalue weighted by Crippen LogP contribution is 2.41. The molecule has 0 saturated carbocycles. The molecule has 0 amide bonds. The lowest BCUT2D eigenvalue weighted by molar-refractivity contribution is 0.0526. The molecule has 0 spiro atoms. The van der Waals surface area contributed by atoms with Crippen LogP contribution in [0.5, 0.6) is 0 Å². The molecule has 0 fully saturated rings. The fourth-order valence-corrected chi connectivity index (χ4v) is 3.39. The first kappa shape index (κ1) is 16.6. The van der Waals surface area contributed by atoms with Crippen molar-refractivity contribution in [2.24, 2.45) is 0 Å². The molecule has 1 aromatic carbocycles. The van der Waals surface area contributed by atoms with Crippen molar-refractivity contribution in [2.75, 3.05) is 11.9 Å². The molecule has 0 saturated heterocycles. The molecular formula is C19H25N3O2. The van der Waals surface area contributed by atoms with Crippen LogP contribution in [-0.4, -0.2) is 22.4 Å². The third kappa shape index (κ3) is 2.79. The standard InChI is InChI=1S/C19H25N3O2/c1-5-14-16(18(23)24-6-2)17-20-15(13-10-8-7-9-11-13)12-19(3,4)22(17)21-14/h7-11,15,20H,5-6,12H2,1-4H3. The minimum absolute atomic E-state index is 0.142. The Bertz CT molecular complexity index is 735. The quantitative estimate of drug-likeness (QED) is 0.865. The molecule has 1 aliphatic heterocycles. The van der Waals surface area contributed by atoms with Crippen LogP contribution in [-0.2, 0) is 16.7 Å². The summed E-state index contributed by atoms with van der Waals surface area (Å²) in [5.74, 6) is 0.475. The molecule has 5 heteroatoms. The van der Waals surface area contributed by atoms with Crippen LogP contribution in [0.4, 0.5) is 5.82 Å². The van der Waals surface area contributed by atoms with E-state index in [2.05, 4.69) is 31.3 Å². The molecule has 128 valence electrons. The Morgan fingerprint density at radius 1 is 1.33 bits per heavy atom. The number of anilines is 1. The molecule has 0 aliphatic carbocycles. The smallest absolute Gasteiger partial charge is 0.343 e. The second-order valence-electron chi connectivity index (χ2n) is 6.78. The van der Waals surface area contributed by atoms with Gasteiger partial charge in [0.05, 0.1) is 23.9 Å². The number of nitrogens with zero attached hydrogens (tertiary/aromatic N) is 2.